The Kier molecular flexibility index (Phi) is 5.64. The summed E-state index contributed by atoms with van der Waals surface area (Å²) < 4.78 is 21.4. The lowest BCUT2D eigenvalue weighted by Crippen LogP contribution is -2.25. The lowest BCUT2D eigenvalue weighted by atomic mass is 10.0. The molecule has 0 saturated heterocycles. The second kappa shape index (κ2) is 7.99. The van der Waals surface area contributed by atoms with Gasteiger partial charge >= 0.3 is 5.97 Å². The number of hydrogen-bond donors (Lipinski definition) is 0. The molecule has 6 heteroatoms. The van der Waals surface area contributed by atoms with Gasteiger partial charge in [0, 0.05) is 24.1 Å². The fourth-order valence-corrected chi connectivity index (χ4v) is 3.59. The van der Waals surface area contributed by atoms with E-state index in [1.54, 1.807) is 11.5 Å². The molecule has 5 nitrogen and oxygen atoms in total. The van der Waals surface area contributed by atoms with E-state index in [0.717, 1.165) is 23.3 Å². The first-order valence-corrected chi connectivity index (χ1v) is 9.50. The number of carbonyl (C=O) groups is 1. The summed E-state index contributed by atoms with van der Waals surface area (Å²) in [6.45, 7) is 10.9. The number of hydrogen-bond acceptors (Lipinski definition) is 4. The standard InChI is InChI=1S/C23H23FN2O3/c1-6-16-21-18(12-17(24)22(16)29-20(27)8-3)25-19(7-2)26(23(21)28)15-10-13(4)9-14(5)11-15/h8-12H,3,6-7H2,1-2,4-5H3. The zero-order valence-corrected chi connectivity index (χ0v) is 17.0. The molecule has 0 saturated carbocycles. The summed E-state index contributed by atoms with van der Waals surface area (Å²) in [6, 6.07) is 6.99. The van der Waals surface area contributed by atoms with Crippen LogP contribution in [0.4, 0.5) is 4.39 Å². The number of aryl methyl sites for hydroxylation is 4. The molecule has 0 radical (unpaired) electrons. The molecule has 1 aromatic heterocycles. The summed E-state index contributed by atoms with van der Waals surface area (Å²) in [5.41, 5.74) is 2.99. The number of rotatable bonds is 5. The van der Waals surface area contributed by atoms with Crippen LogP contribution in [0.3, 0.4) is 0 Å². The molecule has 0 N–H and O–H groups in total. The topological polar surface area (TPSA) is 61.2 Å². The van der Waals surface area contributed by atoms with Crippen molar-refractivity contribution in [3.63, 3.8) is 0 Å². The maximum Gasteiger partial charge on any atom is 0.335 e. The quantitative estimate of drug-likeness (QED) is 0.367. The summed E-state index contributed by atoms with van der Waals surface area (Å²) in [4.78, 5) is 29.8. The molecular formula is C23H23FN2O3. The van der Waals surface area contributed by atoms with Crippen LogP contribution in [0.1, 0.15) is 36.4 Å². The lowest BCUT2D eigenvalue weighted by Gasteiger charge is -2.17. The van der Waals surface area contributed by atoms with Gasteiger partial charge in [-0.1, -0.05) is 26.5 Å². The van der Waals surface area contributed by atoms with Gasteiger partial charge in [0.05, 0.1) is 16.6 Å². The molecule has 0 amide bonds. The summed E-state index contributed by atoms with van der Waals surface area (Å²) in [5.74, 6) is -1.24. The highest BCUT2D eigenvalue weighted by atomic mass is 19.1. The monoisotopic (exact) mass is 394 g/mol. The predicted molar refractivity (Wildman–Crippen MR) is 111 cm³/mol. The van der Waals surface area contributed by atoms with E-state index in [9.17, 15) is 14.0 Å². The maximum atomic E-state index is 14.7. The van der Waals surface area contributed by atoms with Crippen LogP contribution in [0.15, 0.2) is 41.7 Å². The largest absolute Gasteiger partial charge is 0.420 e. The molecule has 0 fully saturated rings. The van der Waals surface area contributed by atoms with Crippen molar-refractivity contribution in [2.24, 2.45) is 0 Å². The predicted octanol–water partition coefficient (Wildman–Crippen LogP) is 4.36. The molecule has 0 spiro atoms. The first-order chi connectivity index (χ1) is 13.8. The van der Waals surface area contributed by atoms with Crippen LogP contribution in [-0.2, 0) is 17.6 Å². The molecule has 3 rings (SSSR count). The zero-order valence-electron chi connectivity index (χ0n) is 17.0. The molecular weight excluding hydrogens is 371 g/mol. The minimum absolute atomic E-state index is 0.247. The van der Waals surface area contributed by atoms with Crippen molar-refractivity contribution in [3.05, 3.63) is 75.6 Å². The highest BCUT2D eigenvalue weighted by molar-refractivity contribution is 5.88. The highest BCUT2D eigenvalue weighted by Gasteiger charge is 2.22. The van der Waals surface area contributed by atoms with E-state index >= 15 is 0 Å². The van der Waals surface area contributed by atoms with E-state index in [-0.39, 0.29) is 22.2 Å². The number of esters is 1. The summed E-state index contributed by atoms with van der Waals surface area (Å²) in [7, 11) is 0. The average molecular weight is 394 g/mol. The molecule has 0 aliphatic carbocycles. The average Bonchev–Trinajstić information content (AvgIpc) is 2.67. The number of aromatic nitrogens is 2. The summed E-state index contributed by atoms with van der Waals surface area (Å²) >= 11 is 0. The zero-order chi connectivity index (χ0) is 21.3. The minimum Gasteiger partial charge on any atom is -0.420 e. The van der Waals surface area contributed by atoms with E-state index < -0.39 is 11.8 Å². The number of benzene rings is 2. The van der Waals surface area contributed by atoms with E-state index in [0.29, 0.717) is 29.9 Å². The third kappa shape index (κ3) is 3.70. The van der Waals surface area contributed by atoms with Crippen molar-refractivity contribution in [2.45, 2.75) is 40.5 Å². The third-order valence-electron chi connectivity index (χ3n) is 4.74. The molecule has 2 aromatic carbocycles. The van der Waals surface area contributed by atoms with E-state index in [2.05, 4.69) is 11.6 Å². The summed E-state index contributed by atoms with van der Waals surface area (Å²) in [5, 5.41) is 0.247. The van der Waals surface area contributed by atoms with Gasteiger partial charge in [0.25, 0.3) is 5.56 Å². The molecule has 150 valence electrons. The van der Waals surface area contributed by atoms with Gasteiger partial charge in [-0.15, -0.1) is 0 Å². The molecule has 0 aliphatic heterocycles. The van der Waals surface area contributed by atoms with Gasteiger partial charge in [0.1, 0.15) is 5.82 Å². The SMILES string of the molecule is C=CC(=O)Oc1c(F)cc2nc(CC)n(-c3cc(C)cc(C)c3)c(=O)c2c1CC. The Labute approximate surface area is 168 Å². The van der Waals surface area contributed by atoms with E-state index in [1.165, 1.54) is 0 Å². The van der Waals surface area contributed by atoms with Gasteiger partial charge in [-0.25, -0.2) is 14.2 Å². The Bertz CT molecular complexity index is 1170. The second-order valence-corrected chi connectivity index (χ2v) is 6.91. The number of nitrogens with zero attached hydrogens (tertiary/aromatic N) is 2. The van der Waals surface area contributed by atoms with Crippen LogP contribution in [0.5, 0.6) is 5.75 Å². The third-order valence-corrected chi connectivity index (χ3v) is 4.74. The fraction of sp³-hybridized carbons (Fsp3) is 0.261. The molecule has 29 heavy (non-hydrogen) atoms. The second-order valence-electron chi connectivity index (χ2n) is 6.91. The number of carbonyl (C=O) groups excluding carboxylic acids is 1. The van der Waals surface area contributed by atoms with Crippen molar-refractivity contribution in [3.8, 4) is 11.4 Å². The van der Waals surface area contributed by atoms with Crippen molar-refractivity contribution in [2.75, 3.05) is 0 Å². The van der Waals surface area contributed by atoms with Gasteiger partial charge in [-0.05, 0) is 43.5 Å². The molecule has 0 bridgehead atoms. The number of halogens is 1. The van der Waals surface area contributed by atoms with Crippen molar-refractivity contribution in [1.29, 1.82) is 0 Å². The summed E-state index contributed by atoms with van der Waals surface area (Å²) in [6.07, 6.45) is 1.74. The van der Waals surface area contributed by atoms with Crippen molar-refractivity contribution >= 4 is 16.9 Å². The van der Waals surface area contributed by atoms with Crippen LogP contribution < -0.4 is 10.3 Å². The minimum atomic E-state index is -0.786. The Morgan fingerprint density at radius 1 is 1.17 bits per heavy atom. The highest BCUT2D eigenvalue weighted by Crippen LogP contribution is 2.30. The van der Waals surface area contributed by atoms with Crippen LogP contribution >= 0.6 is 0 Å². The van der Waals surface area contributed by atoms with Gasteiger partial charge < -0.3 is 4.74 Å². The van der Waals surface area contributed by atoms with Gasteiger partial charge in [-0.3, -0.25) is 9.36 Å². The normalized spacial score (nSPS) is 10.9. The van der Waals surface area contributed by atoms with Gasteiger partial charge in [-0.2, -0.15) is 0 Å². The van der Waals surface area contributed by atoms with Crippen LogP contribution in [0.25, 0.3) is 16.6 Å². The van der Waals surface area contributed by atoms with Crippen LogP contribution in [0, 0.1) is 19.7 Å². The Balaban J connectivity index is 2.44. The van der Waals surface area contributed by atoms with E-state index in [4.69, 9.17) is 4.74 Å². The maximum absolute atomic E-state index is 14.7. The smallest absolute Gasteiger partial charge is 0.335 e. The lowest BCUT2D eigenvalue weighted by molar-refractivity contribution is -0.129. The molecule has 3 aromatic rings. The van der Waals surface area contributed by atoms with Crippen molar-refractivity contribution in [1.82, 2.24) is 9.55 Å². The molecule has 0 atom stereocenters. The van der Waals surface area contributed by atoms with Crippen LogP contribution in [0.2, 0.25) is 0 Å². The molecule has 0 unspecified atom stereocenters. The first kappa shape index (κ1) is 20.5. The molecule has 1 heterocycles. The molecule has 0 aliphatic rings. The Morgan fingerprint density at radius 2 is 1.83 bits per heavy atom. The fourth-order valence-electron chi connectivity index (χ4n) is 3.59. The van der Waals surface area contributed by atoms with E-state index in [1.807, 2.05) is 39.0 Å². The van der Waals surface area contributed by atoms with Gasteiger partial charge in [0.2, 0.25) is 0 Å². The van der Waals surface area contributed by atoms with Crippen molar-refractivity contribution < 1.29 is 13.9 Å². The Hall–Kier alpha value is -3.28. The number of fused-ring (bicyclic) bond motifs is 1. The number of ether oxygens (including phenoxy) is 1. The van der Waals surface area contributed by atoms with Gasteiger partial charge in [0.15, 0.2) is 11.6 Å². The Morgan fingerprint density at radius 3 is 2.38 bits per heavy atom. The van der Waals surface area contributed by atoms with Crippen LogP contribution in [-0.4, -0.2) is 15.5 Å². The first-order valence-electron chi connectivity index (χ1n) is 9.50.